The summed E-state index contributed by atoms with van der Waals surface area (Å²) in [4.78, 5) is 44.9. The third kappa shape index (κ3) is 5.38. The van der Waals surface area contributed by atoms with Crippen LogP contribution in [0.2, 0.25) is 10.0 Å². The zero-order valence-electron chi connectivity index (χ0n) is 22.3. The lowest BCUT2D eigenvalue weighted by atomic mass is 9.94. The zero-order valence-corrected chi connectivity index (χ0v) is 24.6. The van der Waals surface area contributed by atoms with Gasteiger partial charge < -0.3 is 9.32 Å². The smallest absolute Gasteiger partial charge is 0.271 e. The molecule has 4 aromatic rings. The average molecular weight is 612 g/mol. The summed E-state index contributed by atoms with van der Waals surface area (Å²) in [5, 5.41) is 11.8. The van der Waals surface area contributed by atoms with Gasteiger partial charge >= 0.3 is 0 Å². The van der Waals surface area contributed by atoms with E-state index in [1.807, 2.05) is 26.0 Å². The Morgan fingerprint density at radius 2 is 1.85 bits per heavy atom. The Labute approximate surface area is 248 Å². The van der Waals surface area contributed by atoms with Crippen molar-refractivity contribution in [2.45, 2.75) is 26.8 Å². The van der Waals surface area contributed by atoms with Crippen molar-refractivity contribution >= 4 is 52.2 Å². The Morgan fingerprint density at radius 3 is 2.49 bits per heavy atom. The summed E-state index contributed by atoms with van der Waals surface area (Å²) in [6.45, 7) is 6.63. The van der Waals surface area contributed by atoms with E-state index in [0.717, 1.165) is 5.56 Å². The highest BCUT2D eigenvalue weighted by atomic mass is 35.5. The van der Waals surface area contributed by atoms with Crippen molar-refractivity contribution in [3.63, 3.8) is 0 Å². The van der Waals surface area contributed by atoms with Gasteiger partial charge in [0.25, 0.3) is 17.2 Å². The molecule has 0 aliphatic carbocycles. The first kappa shape index (κ1) is 28.5. The van der Waals surface area contributed by atoms with Crippen molar-refractivity contribution in [2.75, 3.05) is 13.1 Å². The van der Waals surface area contributed by atoms with E-state index in [2.05, 4.69) is 4.99 Å². The first-order chi connectivity index (χ1) is 19.6. The topological polar surface area (TPSA) is 111 Å². The van der Waals surface area contributed by atoms with Gasteiger partial charge in [0.15, 0.2) is 4.80 Å². The van der Waals surface area contributed by atoms with Crippen LogP contribution in [0.25, 0.3) is 17.4 Å². The van der Waals surface area contributed by atoms with E-state index in [-0.39, 0.29) is 22.2 Å². The van der Waals surface area contributed by atoms with Crippen LogP contribution in [0.5, 0.6) is 0 Å². The fraction of sp³-hybridized carbons (Fsp3) is 0.207. The molecule has 41 heavy (non-hydrogen) atoms. The van der Waals surface area contributed by atoms with Crippen molar-refractivity contribution in [3.05, 3.63) is 117 Å². The Bertz CT molecular complexity index is 1880. The predicted octanol–water partition coefficient (Wildman–Crippen LogP) is 5.58. The largest absolute Gasteiger partial charge is 0.457 e. The summed E-state index contributed by atoms with van der Waals surface area (Å²) in [6, 6.07) is 13.9. The Hall–Kier alpha value is -3.99. The van der Waals surface area contributed by atoms with Crippen LogP contribution < -0.4 is 14.9 Å². The normalized spacial score (nSPS) is 15.0. The SMILES string of the molecule is CCN(CC)C(=O)C1=C(C)N=c2s/c(=C/c3ccc(-c4ccc([N+](=O)[O-])cc4Cl)o3)c(=O)n2[C@H]1c1ccc(Cl)cc1. The monoisotopic (exact) mass is 610 g/mol. The summed E-state index contributed by atoms with van der Waals surface area (Å²) >= 11 is 13.6. The summed E-state index contributed by atoms with van der Waals surface area (Å²) < 4.78 is 7.85. The summed E-state index contributed by atoms with van der Waals surface area (Å²) in [6.07, 6.45) is 1.61. The van der Waals surface area contributed by atoms with Gasteiger partial charge in [0.1, 0.15) is 11.5 Å². The zero-order chi connectivity index (χ0) is 29.4. The molecule has 0 bridgehead atoms. The van der Waals surface area contributed by atoms with Crippen molar-refractivity contribution in [1.29, 1.82) is 0 Å². The van der Waals surface area contributed by atoms with Gasteiger partial charge in [-0.1, -0.05) is 46.7 Å². The maximum Gasteiger partial charge on any atom is 0.271 e. The Balaban J connectivity index is 1.62. The number of allylic oxidation sites excluding steroid dienone is 1. The molecule has 1 atom stereocenters. The molecule has 1 amide bonds. The molecule has 2 aromatic carbocycles. The van der Waals surface area contributed by atoms with Gasteiger partial charge in [-0.25, -0.2) is 4.99 Å². The summed E-state index contributed by atoms with van der Waals surface area (Å²) in [5.41, 5.74) is 1.75. The number of hydrogen-bond acceptors (Lipinski definition) is 7. The van der Waals surface area contributed by atoms with Gasteiger partial charge in [-0.15, -0.1) is 0 Å². The highest BCUT2D eigenvalue weighted by Gasteiger charge is 2.34. The van der Waals surface area contributed by atoms with E-state index in [1.165, 1.54) is 29.5 Å². The number of halogens is 2. The van der Waals surface area contributed by atoms with E-state index in [9.17, 15) is 19.7 Å². The molecule has 0 saturated carbocycles. The minimum atomic E-state index is -0.690. The van der Waals surface area contributed by atoms with Crippen molar-refractivity contribution in [3.8, 4) is 11.3 Å². The van der Waals surface area contributed by atoms with Gasteiger partial charge in [0, 0.05) is 41.9 Å². The number of carbonyl (C=O) groups is 1. The number of amides is 1. The molecule has 0 N–H and O–H groups in total. The van der Waals surface area contributed by atoms with E-state index in [1.54, 1.807) is 46.7 Å². The number of likely N-dealkylation sites (N-methyl/N-ethyl adjacent to an activating group) is 1. The predicted molar refractivity (Wildman–Crippen MR) is 159 cm³/mol. The number of rotatable bonds is 7. The molecule has 1 aliphatic heterocycles. The van der Waals surface area contributed by atoms with Crippen LogP contribution in [-0.2, 0) is 4.79 Å². The second-order valence-electron chi connectivity index (χ2n) is 9.23. The first-order valence-electron chi connectivity index (χ1n) is 12.7. The number of nitro benzene ring substituents is 1. The van der Waals surface area contributed by atoms with Gasteiger partial charge in [0.05, 0.1) is 31.8 Å². The molecule has 0 radical (unpaired) electrons. The standard InChI is InChI=1S/C29H24Cl2N4O5S/c1-4-33(5-2)28(37)25-16(3)32-29-34(26(25)17-6-8-18(30)9-7-17)27(36)24(41-29)15-20-11-13-23(40-20)21-12-10-19(35(38)39)14-22(21)31/h6-15,26H,4-5H2,1-3H3/b24-15+/t26-/m0/s1. The van der Waals surface area contributed by atoms with E-state index < -0.39 is 11.0 Å². The van der Waals surface area contributed by atoms with E-state index in [0.29, 0.717) is 55.8 Å². The second kappa shape index (κ2) is 11.5. The van der Waals surface area contributed by atoms with Crippen molar-refractivity contribution < 1.29 is 14.1 Å². The number of fused-ring (bicyclic) bond motifs is 1. The van der Waals surface area contributed by atoms with E-state index in [4.69, 9.17) is 27.6 Å². The highest BCUT2D eigenvalue weighted by Crippen LogP contribution is 2.33. The minimum absolute atomic E-state index is 0.129. The number of aromatic nitrogens is 1. The Morgan fingerprint density at radius 1 is 1.15 bits per heavy atom. The van der Waals surface area contributed by atoms with Crippen LogP contribution in [-0.4, -0.2) is 33.4 Å². The van der Waals surface area contributed by atoms with Crippen LogP contribution in [0.15, 0.2) is 80.1 Å². The Kier molecular flexibility index (Phi) is 7.99. The van der Waals surface area contributed by atoms with E-state index >= 15 is 0 Å². The molecule has 0 saturated heterocycles. The molecule has 12 heteroatoms. The maximum absolute atomic E-state index is 13.9. The molecule has 210 valence electrons. The van der Waals surface area contributed by atoms with Gasteiger partial charge in [-0.05, 0) is 56.7 Å². The lowest BCUT2D eigenvalue weighted by molar-refractivity contribution is -0.384. The second-order valence-corrected chi connectivity index (χ2v) is 11.1. The quantitative estimate of drug-likeness (QED) is 0.200. The van der Waals surface area contributed by atoms with Gasteiger partial charge in [0.2, 0.25) is 0 Å². The van der Waals surface area contributed by atoms with Gasteiger partial charge in [-0.2, -0.15) is 0 Å². The van der Waals surface area contributed by atoms with Crippen LogP contribution in [0.3, 0.4) is 0 Å². The maximum atomic E-state index is 13.9. The molecular weight excluding hydrogens is 587 g/mol. The number of non-ortho nitro benzene ring substituents is 1. The molecule has 1 aliphatic rings. The lowest BCUT2D eigenvalue weighted by Gasteiger charge is -2.29. The fourth-order valence-corrected chi connectivity index (χ4v) is 6.18. The number of furan rings is 1. The molecule has 2 aromatic heterocycles. The van der Waals surface area contributed by atoms with Crippen LogP contribution in [0.1, 0.15) is 38.1 Å². The van der Waals surface area contributed by atoms with Crippen LogP contribution in [0, 0.1) is 10.1 Å². The molecular formula is C29H24Cl2N4O5S. The third-order valence-corrected chi connectivity index (χ3v) is 8.37. The molecule has 3 heterocycles. The molecule has 0 fully saturated rings. The number of thiazole rings is 1. The third-order valence-electron chi connectivity index (χ3n) is 6.82. The first-order valence-corrected chi connectivity index (χ1v) is 14.3. The van der Waals surface area contributed by atoms with Crippen molar-refractivity contribution in [2.24, 2.45) is 4.99 Å². The summed E-state index contributed by atoms with van der Waals surface area (Å²) in [5.74, 6) is 0.602. The minimum Gasteiger partial charge on any atom is -0.457 e. The summed E-state index contributed by atoms with van der Waals surface area (Å²) in [7, 11) is 0. The number of nitro groups is 1. The van der Waals surface area contributed by atoms with Crippen LogP contribution in [0.4, 0.5) is 5.69 Å². The molecule has 0 spiro atoms. The average Bonchev–Trinajstić information content (AvgIpc) is 3.53. The van der Waals surface area contributed by atoms with Crippen molar-refractivity contribution in [1.82, 2.24) is 9.47 Å². The number of carbonyl (C=O) groups excluding carboxylic acids is 1. The highest BCUT2D eigenvalue weighted by molar-refractivity contribution is 7.07. The fourth-order valence-electron chi connectivity index (χ4n) is 4.76. The molecule has 5 rings (SSSR count). The lowest BCUT2D eigenvalue weighted by Crippen LogP contribution is -2.43. The molecule has 0 unspecified atom stereocenters. The molecule has 9 nitrogen and oxygen atoms in total. The number of hydrogen-bond donors (Lipinski definition) is 0. The number of nitrogens with zero attached hydrogens (tertiary/aromatic N) is 4. The number of benzene rings is 2. The van der Waals surface area contributed by atoms with Crippen LogP contribution >= 0.6 is 34.5 Å². The van der Waals surface area contributed by atoms with Gasteiger partial charge in [-0.3, -0.25) is 24.3 Å².